The molecule has 406 valence electrons. The van der Waals surface area contributed by atoms with Crippen LogP contribution in [0.5, 0.6) is 0 Å². The quantitative estimate of drug-likeness (QED) is 0.136. The van der Waals surface area contributed by atoms with Gasteiger partial charge in [-0.05, 0) is 182 Å². The van der Waals surface area contributed by atoms with Crippen LogP contribution in [0.25, 0.3) is 76.2 Å². The summed E-state index contributed by atoms with van der Waals surface area (Å²) in [6, 6.07) is 72.2. The van der Waals surface area contributed by atoms with E-state index in [-0.39, 0.29) is 0 Å². The van der Waals surface area contributed by atoms with Gasteiger partial charge < -0.3 is 18.6 Å². The Morgan fingerprint density at radius 1 is 0.256 bits per heavy atom. The molecule has 9 aromatic carbocycles. The summed E-state index contributed by atoms with van der Waals surface area (Å²) in [5.41, 5.74) is 21.0. The van der Waals surface area contributed by atoms with Gasteiger partial charge in [0.05, 0.1) is 44.5 Å². The Hall–Kier alpha value is -7.82. The molecule has 4 aliphatic rings. The van der Waals surface area contributed by atoms with Gasteiger partial charge in [0.15, 0.2) is 0 Å². The van der Waals surface area contributed by atoms with Crippen molar-refractivity contribution in [3.63, 3.8) is 0 Å². The molecule has 4 heteroatoms. The van der Waals surface area contributed by atoms with E-state index < -0.39 is 0 Å². The van der Waals surface area contributed by atoms with Crippen molar-refractivity contribution in [3.05, 3.63) is 204 Å². The number of fused-ring (bicyclic) bond motifs is 12. The Morgan fingerprint density at radius 3 is 0.841 bits per heavy atom. The molecule has 0 amide bonds. The monoisotopic (exact) mass is 1070 g/mol. The Labute approximate surface area is 482 Å². The van der Waals surface area contributed by atoms with Crippen LogP contribution in [0, 0.1) is 0 Å². The summed E-state index contributed by atoms with van der Waals surface area (Å²) in [4.78, 5) is 5.12. The van der Waals surface area contributed by atoms with Crippen molar-refractivity contribution in [2.45, 2.75) is 152 Å². The van der Waals surface area contributed by atoms with E-state index in [1.165, 1.54) is 261 Å². The van der Waals surface area contributed by atoms with E-state index in [1.54, 1.807) is 0 Å². The van der Waals surface area contributed by atoms with Crippen LogP contribution in [0.4, 0.5) is 34.1 Å². The number of para-hydroxylation sites is 2. The topological polar surface area (TPSA) is 15.3 Å². The van der Waals surface area contributed by atoms with Gasteiger partial charge in [-0.25, -0.2) is 0 Å². The molecule has 4 aliphatic carbocycles. The Morgan fingerprint density at radius 2 is 0.537 bits per heavy atom. The zero-order chi connectivity index (χ0) is 53.8. The van der Waals surface area contributed by atoms with Gasteiger partial charge in [0.25, 0.3) is 0 Å². The Balaban J connectivity index is 0.829. The Bertz CT molecular complexity index is 4050. The van der Waals surface area contributed by atoms with Crippen molar-refractivity contribution in [1.82, 2.24) is 8.80 Å². The first kappa shape index (κ1) is 48.8. The summed E-state index contributed by atoms with van der Waals surface area (Å²) in [6.45, 7) is 0. The number of benzene rings is 9. The van der Waals surface area contributed by atoms with Crippen molar-refractivity contribution in [2.24, 2.45) is 0 Å². The van der Waals surface area contributed by atoms with Gasteiger partial charge in [-0.1, -0.05) is 174 Å². The molecular weight excluding hydrogens is 993 g/mol. The molecule has 4 fully saturated rings. The van der Waals surface area contributed by atoms with Gasteiger partial charge in [-0.2, -0.15) is 0 Å². The molecular formula is C78H74N4. The molecule has 0 N–H and O–H groups in total. The van der Waals surface area contributed by atoms with Crippen molar-refractivity contribution >= 4 is 110 Å². The highest BCUT2D eigenvalue weighted by Gasteiger charge is 2.29. The number of aromatic nitrogens is 2. The SMILES string of the molecule is c1cc2c3cc4c(cc3n3c5cccc(N(c6ccc(C7CCCCC7)cc6)c6ccc(C7CCCCC7)cc6)c5c(c1)c23)c1cccc2c3c(N(c5ccc(C6CCCCC6)cc5)c5ccc(C6CCCCC6)cc5)cccc3n4c12. The standard InChI is InChI=1S/C78H74N4/c1-5-17-51(18-6-1)55-33-41-59(42-34-55)79(60-43-35-56(36-44-60)52-19-7-2-8-20-52)69-29-15-31-71-75(69)65-27-13-25-63-67-50-74-68(49-73(67)81(71)77(63)65)64-26-14-28-66-76-70(30-16-32-72(76)82(74)78(64)66)80(61-45-37-57(38-46-61)53-21-9-3-10-22-53)62-47-39-58(40-48-62)54-23-11-4-12-24-54/h13-16,25-54H,1-12,17-24H2. The molecule has 4 nitrogen and oxygen atoms in total. The molecule has 82 heavy (non-hydrogen) atoms. The molecule has 4 heterocycles. The molecule has 0 spiro atoms. The van der Waals surface area contributed by atoms with Crippen molar-refractivity contribution in [2.75, 3.05) is 9.80 Å². The highest BCUT2D eigenvalue weighted by atomic mass is 15.2. The predicted molar refractivity (Wildman–Crippen MR) is 348 cm³/mol. The molecule has 0 saturated heterocycles. The van der Waals surface area contributed by atoms with Gasteiger partial charge >= 0.3 is 0 Å². The van der Waals surface area contributed by atoms with E-state index in [1.807, 2.05) is 0 Å². The minimum Gasteiger partial charge on any atom is -0.310 e. The van der Waals surface area contributed by atoms with Crippen molar-refractivity contribution < 1.29 is 0 Å². The van der Waals surface area contributed by atoms with Gasteiger partial charge in [-0.3, -0.25) is 0 Å². The second-order valence-electron chi connectivity index (χ2n) is 25.7. The Kier molecular flexibility index (Phi) is 11.9. The smallest absolute Gasteiger partial charge is 0.0621 e. The summed E-state index contributed by atoms with van der Waals surface area (Å²) in [5, 5.41) is 10.4. The molecule has 4 saturated carbocycles. The van der Waals surface area contributed by atoms with E-state index in [0.29, 0.717) is 23.7 Å². The van der Waals surface area contributed by atoms with Crippen LogP contribution in [0.15, 0.2) is 182 Å². The lowest BCUT2D eigenvalue weighted by Crippen LogP contribution is -2.12. The highest BCUT2D eigenvalue weighted by Crippen LogP contribution is 2.51. The highest BCUT2D eigenvalue weighted by molar-refractivity contribution is 6.31. The maximum absolute atomic E-state index is 2.61. The van der Waals surface area contributed by atoms with Crippen LogP contribution in [-0.2, 0) is 0 Å². The first-order chi connectivity index (χ1) is 40.7. The zero-order valence-electron chi connectivity index (χ0n) is 47.6. The molecule has 0 unspecified atom stereocenters. The largest absolute Gasteiger partial charge is 0.310 e. The molecule has 0 aliphatic heterocycles. The fourth-order valence-electron chi connectivity index (χ4n) is 17.1. The number of hydrogen-bond donors (Lipinski definition) is 0. The van der Waals surface area contributed by atoms with Crippen LogP contribution >= 0.6 is 0 Å². The third-order valence-corrected chi connectivity index (χ3v) is 21.2. The number of anilines is 6. The average molecular weight is 1070 g/mol. The van der Waals surface area contributed by atoms with Gasteiger partial charge in [0.1, 0.15) is 0 Å². The lowest BCUT2D eigenvalue weighted by molar-refractivity contribution is 0.443. The average Bonchev–Trinajstić information content (AvgIpc) is 2.13. The maximum Gasteiger partial charge on any atom is 0.0621 e. The summed E-state index contributed by atoms with van der Waals surface area (Å²) >= 11 is 0. The molecule has 0 atom stereocenters. The van der Waals surface area contributed by atoms with E-state index in [0.717, 1.165) is 0 Å². The third-order valence-electron chi connectivity index (χ3n) is 21.2. The van der Waals surface area contributed by atoms with Crippen molar-refractivity contribution in [3.8, 4) is 0 Å². The maximum atomic E-state index is 2.61. The lowest BCUT2D eigenvalue weighted by atomic mass is 9.84. The van der Waals surface area contributed by atoms with Gasteiger partial charge in [0, 0.05) is 65.8 Å². The van der Waals surface area contributed by atoms with Gasteiger partial charge in [0.2, 0.25) is 0 Å². The molecule has 17 rings (SSSR count). The first-order valence-electron chi connectivity index (χ1n) is 32.0. The number of hydrogen-bond acceptors (Lipinski definition) is 2. The van der Waals surface area contributed by atoms with E-state index in [9.17, 15) is 0 Å². The molecule has 0 radical (unpaired) electrons. The lowest BCUT2D eigenvalue weighted by Gasteiger charge is -2.28. The van der Waals surface area contributed by atoms with Crippen LogP contribution < -0.4 is 9.80 Å². The van der Waals surface area contributed by atoms with E-state index >= 15 is 0 Å². The third kappa shape index (κ3) is 7.83. The summed E-state index contributed by atoms with van der Waals surface area (Å²) < 4.78 is 5.22. The van der Waals surface area contributed by atoms with Gasteiger partial charge in [-0.15, -0.1) is 0 Å². The van der Waals surface area contributed by atoms with Crippen LogP contribution in [-0.4, -0.2) is 8.80 Å². The normalized spacial score (nSPS) is 17.6. The molecule has 0 bridgehead atoms. The van der Waals surface area contributed by atoms with E-state index in [4.69, 9.17) is 0 Å². The van der Waals surface area contributed by atoms with Crippen LogP contribution in [0.1, 0.15) is 174 Å². The minimum absolute atomic E-state index is 0.667. The molecule has 13 aromatic rings. The van der Waals surface area contributed by atoms with Crippen LogP contribution in [0.2, 0.25) is 0 Å². The summed E-state index contributed by atoms with van der Waals surface area (Å²) in [5.74, 6) is 2.67. The fraction of sp³-hybridized carbons (Fsp3) is 0.308. The minimum atomic E-state index is 0.667. The molecule has 4 aromatic heterocycles. The van der Waals surface area contributed by atoms with Crippen molar-refractivity contribution in [1.29, 1.82) is 0 Å². The predicted octanol–water partition coefficient (Wildman–Crippen LogP) is 23.1. The second kappa shape index (κ2) is 20.0. The fourth-order valence-corrected chi connectivity index (χ4v) is 17.1. The first-order valence-corrected chi connectivity index (χ1v) is 32.0. The second-order valence-corrected chi connectivity index (χ2v) is 25.7. The van der Waals surface area contributed by atoms with Crippen LogP contribution in [0.3, 0.4) is 0 Å². The van der Waals surface area contributed by atoms with E-state index in [2.05, 4.69) is 201 Å². The zero-order valence-corrected chi connectivity index (χ0v) is 47.6. The number of rotatable bonds is 10. The number of nitrogens with zero attached hydrogens (tertiary/aromatic N) is 4. The summed E-state index contributed by atoms with van der Waals surface area (Å²) in [6.07, 6.45) is 26.7. The summed E-state index contributed by atoms with van der Waals surface area (Å²) in [7, 11) is 0.